The van der Waals surface area contributed by atoms with Crippen LogP contribution in [0.1, 0.15) is 25.7 Å². The summed E-state index contributed by atoms with van der Waals surface area (Å²) < 4.78 is 6.19. The van der Waals surface area contributed by atoms with Crippen LogP contribution in [0.4, 0.5) is 11.5 Å². The van der Waals surface area contributed by atoms with Crippen molar-refractivity contribution in [3.8, 4) is 16.9 Å². The van der Waals surface area contributed by atoms with Gasteiger partial charge in [0.15, 0.2) is 0 Å². The fourth-order valence-corrected chi connectivity index (χ4v) is 4.05. The first-order valence-corrected chi connectivity index (χ1v) is 11.1. The number of carbonyl (C=O) groups is 1. The molecule has 3 aromatic rings. The number of benzene rings is 2. The van der Waals surface area contributed by atoms with Crippen LogP contribution in [0.3, 0.4) is 0 Å². The van der Waals surface area contributed by atoms with Gasteiger partial charge >= 0.3 is 0 Å². The highest BCUT2D eigenvalue weighted by Crippen LogP contribution is 2.32. The number of rotatable bonds is 6. The molecule has 2 aromatic carbocycles. The summed E-state index contributed by atoms with van der Waals surface area (Å²) in [7, 11) is 0. The van der Waals surface area contributed by atoms with Gasteiger partial charge in [-0.05, 0) is 60.4 Å². The molecule has 0 radical (unpaired) electrons. The molecule has 2 heterocycles. The molecule has 1 saturated carbocycles. The Labute approximate surface area is 183 Å². The number of likely N-dealkylation sites (tertiary alicyclic amines) is 1. The van der Waals surface area contributed by atoms with Crippen LogP contribution in [0.5, 0.6) is 5.75 Å². The number of anilines is 2. The number of hydrogen-bond acceptors (Lipinski definition) is 4. The third-order valence-electron chi connectivity index (χ3n) is 5.98. The molecule has 0 atom stereocenters. The molecule has 1 N–H and O–H groups in total. The number of aromatic nitrogens is 1. The third-order valence-corrected chi connectivity index (χ3v) is 5.98. The first-order valence-electron chi connectivity index (χ1n) is 11.1. The average molecular weight is 414 g/mol. The Morgan fingerprint density at radius 2 is 1.65 bits per heavy atom. The van der Waals surface area contributed by atoms with Crippen molar-refractivity contribution in [3.63, 3.8) is 0 Å². The van der Waals surface area contributed by atoms with Crippen LogP contribution in [0.2, 0.25) is 0 Å². The summed E-state index contributed by atoms with van der Waals surface area (Å²) in [4.78, 5) is 18.6. The molecule has 5 nitrogen and oxygen atoms in total. The van der Waals surface area contributed by atoms with Crippen LogP contribution in [0.15, 0.2) is 72.9 Å². The zero-order chi connectivity index (χ0) is 21.0. The van der Waals surface area contributed by atoms with E-state index in [2.05, 4.69) is 28.5 Å². The molecule has 1 saturated heterocycles. The van der Waals surface area contributed by atoms with E-state index in [1.54, 1.807) is 0 Å². The second kappa shape index (κ2) is 8.80. The van der Waals surface area contributed by atoms with Gasteiger partial charge in [-0.15, -0.1) is 0 Å². The molecular weight excluding hydrogens is 386 g/mol. The van der Waals surface area contributed by atoms with E-state index in [1.807, 2.05) is 59.6 Å². The van der Waals surface area contributed by atoms with Gasteiger partial charge in [-0.25, -0.2) is 4.98 Å². The fourth-order valence-electron chi connectivity index (χ4n) is 4.05. The predicted octanol–water partition coefficient (Wildman–Crippen LogP) is 5.27. The van der Waals surface area contributed by atoms with E-state index in [1.165, 1.54) is 0 Å². The summed E-state index contributed by atoms with van der Waals surface area (Å²) >= 11 is 0. The van der Waals surface area contributed by atoms with Crippen molar-refractivity contribution < 1.29 is 9.53 Å². The Morgan fingerprint density at radius 3 is 2.35 bits per heavy atom. The smallest absolute Gasteiger partial charge is 0.225 e. The lowest BCUT2D eigenvalue weighted by molar-refractivity contribution is -0.134. The van der Waals surface area contributed by atoms with E-state index in [4.69, 9.17) is 4.74 Å². The molecule has 0 spiro atoms. The molecular formula is C26H27N3O2. The summed E-state index contributed by atoms with van der Waals surface area (Å²) in [6.45, 7) is 1.62. The summed E-state index contributed by atoms with van der Waals surface area (Å²) in [5.41, 5.74) is 3.24. The van der Waals surface area contributed by atoms with Crippen LogP contribution >= 0.6 is 0 Å². The van der Waals surface area contributed by atoms with E-state index in [9.17, 15) is 4.79 Å². The minimum Gasteiger partial charge on any atom is -0.490 e. The molecule has 2 aliphatic rings. The van der Waals surface area contributed by atoms with Gasteiger partial charge in [-0.1, -0.05) is 30.3 Å². The molecule has 0 unspecified atom stereocenters. The van der Waals surface area contributed by atoms with Gasteiger partial charge in [-0.2, -0.15) is 0 Å². The maximum Gasteiger partial charge on any atom is 0.225 e. The Bertz CT molecular complexity index is 1020. The normalized spacial score (nSPS) is 16.7. The van der Waals surface area contributed by atoms with E-state index < -0.39 is 0 Å². The molecule has 1 aromatic heterocycles. The van der Waals surface area contributed by atoms with Gasteiger partial charge in [0.1, 0.15) is 17.7 Å². The quantitative estimate of drug-likeness (QED) is 0.598. The van der Waals surface area contributed by atoms with Gasteiger partial charge in [-0.3, -0.25) is 4.79 Å². The summed E-state index contributed by atoms with van der Waals surface area (Å²) in [5, 5.41) is 3.34. The van der Waals surface area contributed by atoms with E-state index >= 15 is 0 Å². The standard InChI is InChI=1S/C26H27N3O2/c30-26(20-6-7-20)29-16-13-24(14-17-29)31-23-10-8-19(9-11-23)21-12-15-27-25(18-21)28-22-4-2-1-3-5-22/h1-5,8-12,15,18,20,24H,6-7,13-14,16-17H2,(H,27,28). The van der Waals surface area contributed by atoms with Crippen molar-refractivity contribution in [1.82, 2.24) is 9.88 Å². The van der Waals surface area contributed by atoms with Crippen molar-refractivity contribution in [1.29, 1.82) is 0 Å². The van der Waals surface area contributed by atoms with Gasteiger partial charge in [0.25, 0.3) is 0 Å². The molecule has 0 bridgehead atoms. The first-order chi connectivity index (χ1) is 15.2. The Balaban J connectivity index is 1.18. The highest BCUT2D eigenvalue weighted by Gasteiger charge is 2.35. The van der Waals surface area contributed by atoms with Crippen molar-refractivity contribution in [2.24, 2.45) is 5.92 Å². The van der Waals surface area contributed by atoms with Gasteiger partial charge in [0.2, 0.25) is 5.91 Å². The Kier molecular flexibility index (Phi) is 5.57. The monoisotopic (exact) mass is 413 g/mol. The summed E-state index contributed by atoms with van der Waals surface area (Å²) in [5.74, 6) is 2.35. The van der Waals surface area contributed by atoms with Gasteiger partial charge in [0, 0.05) is 43.7 Å². The first kappa shape index (κ1) is 19.6. The number of piperidine rings is 1. The van der Waals surface area contributed by atoms with Crippen LogP contribution in [-0.2, 0) is 4.79 Å². The largest absolute Gasteiger partial charge is 0.490 e. The highest BCUT2D eigenvalue weighted by molar-refractivity contribution is 5.81. The molecule has 2 fully saturated rings. The van der Waals surface area contributed by atoms with Gasteiger partial charge < -0.3 is 15.0 Å². The zero-order valence-corrected chi connectivity index (χ0v) is 17.5. The number of ether oxygens (including phenoxy) is 1. The maximum absolute atomic E-state index is 12.2. The second-order valence-corrected chi connectivity index (χ2v) is 8.36. The van der Waals surface area contributed by atoms with Crippen LogP contribution in [0, 0.1) is 5.92 Å². The molecule has 31 heavy (non-hydrogen) atoms. The highest BCUT2D eigenvalue weighted by atomic mass is 16.5. The lowest BCUT2D eigenvalue weighted by Crippen LogP contribution is -2.42. The number of hydrogen-bond donors (Lipinski definition) is 1. The molecule has 1 aliphatic heterocycles. The number of para-hydroxylation sites is 1. The van der Waals surface area contributed by atoms with Crippen molar-refractivity contribution in [2.45, 2.75) is 31.8 Å². The summed E-state index contributed by atoms with van der Waals surface area (Å²) in [6.07, 6.45) is 5.95. The average Bonchev–Trinajstić information content (AvgIpc) is 3.66. The fraction of sp³-hybridized carbons (Fsp3) is 0.308. The third kappa shape index (κ3) is 4.88. The molecule has 5 heteroatoms. The molecule has 1 aliphatic carbocycles. The van der Waals surface area contributed by atoms with Crippen molar-refractivity contribution >= 4 is 17.4 Å². The number of carbonyl (C=O) groups excluding carboxylic acids is 1. The van der Waals surface area contributed by atoms with Gasteiger partial charge in [0.05, 0.1) is 0 Å². The van der Waals surface area contributed by atoms with Crippen molar-refractivity contribution in [2.75, 3.05) is 18.4 Å². The van der Waals surface area contributed by atoms with Crippen LogP contribution in [0.25, 0.3) is 11.1 Å². The van der Waals surface area contributed by atoms with Crippen molar-refractivity contribution in [3.05, 3.63) is 72.9 Å². The topological polar surface area (TPSA) is 54.5 Å². The Morgan fingerprint density at radius 1 is 0.903 bits per heavy atom. The van der Waals surface area contributed by atoms with E-state index in [-0.39, 0.29) is 6.10 Å². The molecule has 1 amide bonds. The SMILES string of the molecule is O=C(C1CC1)N1CCC(Oc2ccc(-c3ccnc(Nc4ccccc4)c3)cc2)CC1. The van der Waals surface area contributed by atoms with Crippen LogP contribution < -0.4 is 10.1 Å². The number of amides is 1. The zero-order valence-electron chi connectivity index (χ0n) is 17.5. The lowest BCUT2D eigenvalue weighted by atomic mass is 10.1. The van der Waals surface area contributed by atoms with E-state index in [0.717, 1.165) is 67.2 Å². The van der Waals surface area contributed by atoms with Crippen LogP contribution in [-0.4, -0.2) is 35.0 Å². The number of pyridine rings is 1. The van der Waals surface area contributed by atoms with E-state index in [0.29, 0.717) is 11.8 Å². The maximum atomic E-state index is 12.2. The number of nitrogens with one attached hydrogen (secondary N) is 1. The molecule has 158 valence electrons. The summed E-state index contributed by atoms with van der Waals surface area (Å²) in [6, 6.07) is 22.3. The lowest BCUT2D eigenvalue weighted by Gasteiger charge is -2.32. The minimum atomic E-state index is 0.178. The predicted molar refractivity (Wildman–Crippen MR) is 122 cm³/mol. The molecule has 5 rings (SSSR count). The Hall–Kier alpha value is -3.34. The second-order valence-electron chi connectivity index (χ2n) is 8.36. The minimum absolute atomic E-state index is 0.178. The number of nitrogens with zero attached hydrogens (tertiary/aromatic N) is 2.